The van der Waals surface area contributed by atoms with Crippen LogP contribution in [0.3, 0.4) is 0 Å². The lowest BCUT2D eigenvalue weighted by molar-refractivity contribution is 0.371. The van der Waals surface area contributed by atoms with Crippen molar-refractivity contribution in [1.82, 2.24) is 20.1 Å². The Bertz CT molecular complexity index is 1030. The quantitative estimate of drug-likeness (QED) is 0.497. The lowest BCUT2D eigenvalue weighted by atomic mass is 10.1. The van der Waals surface area contributed by atoms with Crippen LogP contribution in [0.1, 0.15) is 49.4 Å². The van der Waals surface area contributed by atoms with E-state index in [9.17, 15) is 0 Å². The van der Waals surface area contributed by atoms with Crippen LogP contribution in [0.2, 0.25) is 0 Å². The van der Waals surface area contributed by atoms with Gasteiger partial charge >= 0.3 is 0 Å². The van der Waals surface area contributed by atoms with Crippen LogP contribution >= 0.6 is 11.3 Å². The number of rotatable bonds is 7. The zero-order chi connectivity index (χ0) is 18.6. The van der Waals surface area contributed by atoms with Gasteiger partial charge in [0.05, 0.1) is 5.39 Å². The van der Waals surface area contributed by atoms with Crippen LogP contribution in [-0.2, 0) is 12.8 Å². The van der Waals surface area contributed by atoms with Crippen molar-refractivity contribution in [3.63, 3.8) is 0 Å². The lowest BCUT2D eigenvalue weighted by Gasteiger charge is -2.17. The third-order valence-electron chi connectivity index (χ3n) is 4.31. The first-order valence-electron chi connectivity index (χ1n) is 9.16. The van der Waals surface area contributed by atoms with E-state index in [4.69, 9.17) is 9.51 Å². The normalized spacial score (nSPS) is 12.4. The largest absolute Gasteiger partial charge is 0.355 e. The van der Waals surface area contributed by atoms with E-state index in [0.717, 1.165) is 46.7 Å². The molecule has 0 fully saturated rings. The first-order chi connectivity index (χ1) is 13.3. The fourth-order valence-corrected chi connectivity index (χ4v) is 3.73. The first kappa shape index (κ1) is 17.6. The van der Waals surface area contributed by atoms with Gasteiger partial charge in [0.1, 0.15) is 22.5 Å². The van der Waals surface area contributed by atoms with Gasteiger partial charge in [-0.1, -0.05) is 49.3 Å². The van der Waals surface area contributed by atoms with Crippen LogP contribution in [0, 0.1) is 0 Å². The van der Waals surface area contributed by atoms with E-state index in [2.05, 4.69) is 46.4 Å². The molecule has 1 aromatic carbocycles. The second-order valence-electron chi connectivity index (χ2n) is 6.27. The van der Waals surface area contributed by atoms with E-state index in [0.29, 0.717) is 11.7 Å². The van der Waals surface area contributed by atoms with E-state index < -0.39 is 0 Å². The molecule has 27 heavy (non-hydrogen) atoms. The van der Waals surface area contributed by atoms with E-state index in [1.807, 2.05) is 29.6 Å². The summed E-state index contributed by atoms with van der Waals surface area (Å²) >= 11 is 1.62. The molecule has 7 heteroatoms. The average Bonchev–Trinajstić information content (AvgIpc) is 3.36. The molecule has 1 atom stereocenters. The van der Waals surface area contributed by atoms with Crippen molar-refractivity contribution >= 4 is 27.4 Å². The number of nitrogens with one attached hydrogen (secondary N) is 1. The molecule has 1 N–H and O–H groups in total. The zero-order valence-corrected chi connectivity index (χ0v) is 16.2. The molecule has 3 aromatic heterocycles. The molecule has 0 aliphatic rings. The second-order valence-corrected chi connectivity index (χ2v) is 7.16. The Morgan fingerprint density at radius 2 is 1.93 bits per heavy atom. The van der Waals surface area contributed by atoms with Gasteiger partial charge in [-0.25, -0.2) is 9.97 Å². The van der Waals surface area contributed by atoms with Crippen LogP contribution in [0.5, 0.6) is 0 Å². The molecule has 138 valence electrons. The van der Waals surface area contributed by atoms with Gasteiger partial charge in [-0.2, -0.15) is 4.98 Å². The van der Waals surface area contributed by atoms with Crippen molar-refractivity contribution in [2.45, 2.75) is 39.2 Å². The zero-order valence-electron chi connectivity index (χ0n) is 15.3. The minimum atomic E-state index is -0.247. The molecule has 4 aromatic rings. The molecule has 0 saturated heterocycles. The smallest absolute Gasteiger partial charge is 0.226 e. The van der Waals surface area contributed by atoms with Crippen LogP contribution in [-0.4, -0.2) is 20.1 Å². The number of thiophene rings is 1. The lowest BCUT2D eigenvalue weighted by Crippen LogP contribution is -2.16. The molecule has 6 nitrogen and oxygen atoms in total. The van der Waals surface area contributed by atoms with Crippen LogP contribution in [0.4, 0.5) is 5.82 Å². The van der Waals surface area contributed by atoms with Gasteiger partial charge in [-0.15, -0.1) is 11.3 Å². The molecule has 4 rings (SSSR count). The number of hydrogen-bond acceptors (Lipinski definition) is 7. The number of aryl methyl sites for hydroxylation is 2. The summed E-state index contributed by atoms with van der Waals surface area (Å²) in [5.74, 6) is 2.89. The second kappa shape index (κ2) is 7.84. The van der Waals surface area contributed by atoms with E-state index in [1.165, 1.54) is 0 Å². The molecule has 0 aliphatic heterocycles. The van der Waals surface area contributed by atoms with Gasteiger partial charge in [0.2, 0.25) is 5.89 Å². The Morgan fingerprint density at radius 1 is 1.07 bits per heavy atom. The Kier molecular flexibility index (Phi) is 5.11. The Hall–Kier alpha value is -2.80. The van der Waals surface area contributed by atoms with E-state index in [-0.39, 0.29) is 6.04 Å². The molecule has 0 radical (unpaired) electrons. The molecule has 3 heterocycles. The fraction of sp³-hybridized carbons (Fsp3) is 0.300. The average molecular weight is 379 g/mol. The molecular formula is C20H21N5OS. The minimum absolute atomic E-state index is 0.247. The first-order valence-corrected chi connectivity index (χ1v) is 10.0. The number of benzene rings is 1. The van der Waals surface area contributed by atoms with Crippen LogP contribution < -0.4 is 5.32 Å². The third-order valence-corrected chi connectivity index (χ3v) is 5.11. The van der Waals surface area contributed by atoms with Gasteiger partial charge in [-0.3, -0.25) is 0 Å². The van der Waals surface area contributed by atoms with E-state index >= 15 is 0 Å². The summed E-state index contributed by atoms with van der Waals surface area (Å²) in [6, 6.07) is 11.9. The van der Waals surface area contributed by atoms with Crippen molar-refractivity contribution < 1.29 is 4.52 Å². The summed E-state index contributed by atoms with van der Waals surface area (Å²) in [6.45, 7) is 4.15. The van der Waals surface area contributed by atoms with Gasteiger partial charge < -0.3 is 9.84 Å². The predicted molar refractivity (Wildman–Crippen MR) is 107 cm³/mol. The maximum atomic E-state index is 5.43. The number of hydrogen-bond donors (Lipinski definition) is 1. The van der Waals surface area contributed by atoms with Gasteiger partial charge in [0.25, 0.3) is 0 Å². The summed E-state index contributed by atoms with van der Waals surface area (Å²) in [7, 11) is 0. The predicted octanol–water partition coefficient (Wildman–Crippen LogP) is 4.79. The van der Waals surface area contributed by atoms with Crippen molar-refractivity contribution in [1.29, 1.82) is 0 Å². The third kappa shape index (κ3) is 3.68. The van der Waals surface area contributed by atoms with Crippen LogP contribution in [0.25, 0.3) is 10.2 Å². The summed E-state index contributed by atoms with van der Waals surface area (Å²) in [5.41, 5.74) is 1.06. The van der Waals surface area contributed by atoms with Crippen molar-refractivity contribution in [2.24, 2.45) is 0 Å². The molecule has 0 saturated carbocycles. The summed E-state index contributed by atoms with van der Waals surface area (Å²) in [5, 5.41) is 10.8. The molecule has 0 amide bonds. The number of aromatic nitrogens is 4. The highest BCUT2D eigenvalue weighted by Gasteiger charge is 2.22. The summed E-state index contributed by atoms with van der Waals surface area (Å²) < 4.78 is 5.43. The Labute approximate surface area is 161 Å². The van der Waals surface area contributed by atoms with Gasteiger partial charge in [0.15, 0.2) is 5.82 Å². The maximum absolute atomic E-state index is 5.43. The molecule has 0 spiro atoms. The Morgan fingerprint density at radius 3 is 2.70 bits per heavy atom. The highest BCUT2D eigenvalue weighted by atomic mass is 32.1. The van der Waals surface area contributed by atoms with E-state index in [1.54, 1.807) is 11.3 Å². The molecule has 1 unspecified atom stereocenters. The maximum Gasteiger partial charge on any atom is 0.226 e. The molecule has 0 bridgehead atoms. The van der Waals surface area contributed by atoms with Crippen molar-refractivity contribution in [2.75, 3.05) is 5.32 Å². The highest BCUT2D eigenvalue weighted by Crippen LogP contribution is 2.30. The number of fused-ring (bicyclic) bond motifs is 1. The van der Waals surface area contributed by atoms with Crippen LogP contribution in [0.15, 0.2) is 46.3 Å². The fourth-order valence-electron chi connectivity index (χ4n) is 2.95. The van der Waals surface area contributed by atoms with Crippen molar-refractivity contribution in [3.05, 3.63) is 64.9 Å². The van der Waals surface area contributed by atoms with Gasteiger partial charge in [0, 0.05) is 12.8 Å². The molecular weight excluding hydrogens is 358 g/mol. The highest BCUT2D eigenvalue weighted by molar-refractivity contribution is 7.16. The monoisotopic (exact) mass is 379 g/mol. The summed E-state index contributed by atoms with van der Waals surface area (Å²) in [6.07, 6.45) is 2.52. The molecule has 0 aliphatic carbocycles. The number of anilines is 1. The topological polar surface area (TPSA) is 76.7 Å². The minimum Gasteiger partial charge on any atom is -0.355 e. The van der Waals surface area contributed by atoms with Gasteiger partial charge in [-0.05, 0) is 23.4 Å². The number of nitrogens with zero attached hydrogens (tertiary/aromatic N) is 4. The SMILES string of the molecule is CCCc1nc(C(Nc2nc(CC)nc3sccc23)c2ccccc2)no1. The summed E-state index contributed by atoms with van der Waals surface area (Å²) in [4.78, 5) is 14.9. The Balaban J connectivity index is 1.76. The van der Waals surface area contributed by atoms with Crippen molar-refractivity contribution in [3.8, 4) is 0 Å². The standard InChI is InChI=1S/C20H21N5OS/c1-3-8-16-23-19(25-26-16)17(13-9-6-5-7-10-13)24-18-14-11-12-27-20(14)22-15(4-2)21-18/h5-7,9-12,17H,3-4,8H2,1-2H3,(H,21,22,24).